The fraction of sp³-hybridized carbons (Fsp3) is 0.909. The van der Waals surface area contributed by atoms with Crippen LogP contribution in [-0.2, 0) is 20.8 Å². The zero-order valence-corrected chi connectivity index (χ0v) is 20.6. The molecule has 6 unspecified atom stereocenters. The van der Waals surface area contributed by atoms with E-state index in [4.69, 9.17) is 17.0 Å². The molecule has 4 saturated carbocycles. The van der Waals surface area contributed by atoms with Crippen LogP contribution in [0.4, 0.5) is 0 Å². The van der Waals surface area contributed by atoms with Crippen LogP contribution in [0.1, 0.15) is 89.9 Å². The van der Waals surface area contributed by atoms with Crippen molar-refractivity contribution in [3.63, 3.8) is 0 Å². The van der Waals surface area contributed by atoms with Crippen molar-refractivity contribution in [3.05, 3.63) is 14.9 Å². The summed E-state index contributed by atoms with van der Waals surface area (Å²) in [4.78, 5) is 0. The van der Waals surface area contributed by atoms with E-state index in [1.807, 2.05) is 0 Å². The Hall–Kier alpha value is 1.46. The average Bonchev–Trinajstić information content (AvgIpc) is 3.18. The third kappa shape index (κ3) is 6.49. The van der Waals surface area contributed by atoms with E-state index in [0.717, 1.165) is 35.5 Å². The van der Waals surface area contributed by atoms with Crippen molar-refractivity contribution in [2.24, 2.45) is 35.5 Å². The third-order valence-corrected chi connectivity index (χ3v) is 7.87. The Morgan fingerprint density at radius 3 is 1.32 bits per heavy atom. The molecule has 0 radical (unpaired) electrons. The summed E-state index contributed by atoms with van der Waals surface area (Å²) in [6, 6.07) is 0. The molecule has 0 aromatic carbocycles. The molecule has 0 nitrogen and oxygen atoms in total. The van der Waals surface area contributed by atoms with Crippen LogP contribution in [0.3, 0.4) is 0 Å². The molecule has 25 heavy (non-hydrogen) atoms. The van der Waals surface area contributed by atoms with E-state index in [-0.39, 0.29) is 14.9 Å². The summed E-state index contributed by atoms with van der Waals surface area (Å²) in [5.74, 6) is 6.91. The van der Waals surface area contributed by atoms with Crippen molar-refractivity contribution in [2.45, 2.75) is 89.9 Å². The average molecular weight is 467 g/mol. The standard InChI is InChI=1S/C20H34.2CH3.2ClH.Zr/c1-3-7-19-15(5-1)9-11-17(19)13-14-18-12-10-16-6-2-4-8-20(16)18;;;;;/h15-20H,1-14H2;2*1H3;2*1H;/q;2*-1;;;+4/p-2. The topological polar surface area (TPSA) is 0 Å². The summed E-state index contributed by atoms with van der Waals surface area (Å²) in [6.45, 7) is 0. The van der Waals surface area contributed by atoms with Gasteiger partial charge in [0.2, 0.25) is 0 Å². The molecule has 0 aromatic heterocycles. The SMILES string of the molecule is C1CCC2C(C1)CCC2CCC1CCC2CCCCC21.[CH3-].[CH3-].[Cl][Zr+2][Cl]. The molecule has 4 fully saturated rings. The summed E-state index contributed by atoms with van der Waals surface area (Å²) in [5, 5.41) is 0. The Balaban J connectivity index is 0.000000586. The first kappa shape index (κ1) is 24.5. The van der Waals surface area contributed by atoms with Crippen molar-refractivity contribution in [1.82, 2.24) is 0 Å². The number of fused-ring (bicyclic) bond motifs is 2. The van der Waals surface area contributed by atoms with Crippen molar-refractivity contribution in [2.75, 3.05) is 0 Å². The zero-order valence-electron chi connectivity index (χ0n) is 16.6. The molecule has 0 amide bonds. The van der Waals surface area contributed by atoms with Gasteiger partial charge in [0.15, 0.2) is 0 Å². The van der Waals surface area contributed by atoms with Gasteiger partial charge in [0.1, 0.15) is 0 Å². The van der Waals surface area contributed by atoms with Crippen LogP contribution in [0.15, 0.2) is 0 Å². The van der Waals surface area contributed by atoms with E-state index in [2.05, 4.69) is 0 Å². The number of hydrogen-bond acceptors (Lipinski definition) is 0. The van der Waals surface area contributed by atoms with Crippen LogP contribution in [0.5, 0.6) is 0 Å². The zero-order chi connectivity index (χ0) is 16.1. The van der Waals surface area contributed by atoms with E-state index in [9.17, 15) is 0 Å². The molecule has 0 bridgehead atoms. The quantitative estimate of drug-likeness (QED) is 0.366. The molecule has 4 aliphatic carbocycles. The van der Waals surface area contributed by atoms with Crippen LogP contribution in [0, 0.1) is 50.4 Å². The van der Waals surface area contributed by atoms with Gasteiger partial charge in [-0.3, -0.25) is 0 Å². The van der Waals surface area contributed by atoms with Gasteiger partial charge >= 0.3 is 37.9 Å². The maximum atomic E-state index is 4.93. The Morgan fingerprint density at radius 2 is 0.920 bits per heavy atom. The second-order valence-corrected chi connectivity index (χ2v) is 12.5. The van der Waals surface area contributed by atoms with Crippen LogP contribution < -0.4 is 0 Å². The Bertz CT molecular complexity index is 317. The van der Waals surface area contributed by atoms with Crippen molar-refractivity contribution < 1.29 is 20.8 Å². The predicted octanol–water partition coefficient (Wildman–Crippen LogP) is 8.48. The van der Waals surface area contributed by atoms with Gasteiger partial charge in [-0.05, 0) is 86.9 Å². The molecule has 4 aliphatic rings. The molecular weight excluding hydrogens is 426 g/mol. The molecule has 146 valence electrons. The fourth-order valence-electron chi connectivity index (χ4n) is 6.86. The molecule has 0 N–H and O–H groups in total. The molecule has 0 saturated heterocycles. The Labute approximate surface area is 177 Å². The minimum atomic E-state index is -0.826. The first-order valence-corrected chi connectivity index (χ1v) is 16.6. The van der Waals surface area contributed by atoms with Gasteiger partial charge in [-0.25, -0.2) is 0 Å². The van der Waals surface area contributed by atoms with Crippen LogP contribution in [0.25, 0.3) is 0 Å². The van der Waals surface area contributed by atoms with Gasteiger partial charge in [0, 0.05) is 0 Å². The first-order chi connectivity index (χ1) is 11.3. The van der Waals surface area contributed by atoms with Gasteiger partial charge in [0.05, 0.1) is 0 Å². The normalized spacial score (nSPS) is 38.8. The summed E-state index contributed by atoms with van der Waals surface area (Å²) < 4.78 is 0. The number of halogens is 2. The monoisotopic (exact) mass is 464 g/mol. The van der Waals surface area contributed by atoms with Gasteiger partial charge < -0.3 is 14.9 Å². The Kier molecular flexibility index (Phi) is 12.6. The Morgan fingerprint density at radius 1 is 0.560 bits per heavy atom. The van der Waals surface area contributed by atoms with Gasteiger partial charge in [-0.2, -0.15) is 0 Å². The van der Waals surface area contributed by atoms with Crippen molar-refractivity contribution >= 4 is 17.0 Å². The fourth-order valence-corrected chi connectivity index (χ4v) is 6.86. The van der Waals surface area contributed by atoms with E-state index in [1.54, 1.807) is 89.9 Å². The second kappa shape index (κ2) is 12.8. The molecule has 4 rings (SSSR count). The molecule has 0 heterocycles. The third-order valence-electron chi connectivity index (χ3n) is 7.87. The van der Waals surface area contributed by atoms with Crippen molar-refractivity contribution in [1.29, 1.82) is 0 Å². The predicted molar refractivity (Wildman–Crippen MR) is 110 cm³/mol. The van der Waals surface area contributed by atoms with Gasteiger partial charge in [0.25, 0.3) is 0 Å². The second-order valence-electron chi connectivity index (χ2n) is 8.74. The molecule has 0 aromatic rings. The maximum absolute atomic E-state index is 4.93. The summed E-state index contributed by atoms with van der Waals surface area (Å²) >= 11 is -0.826. The molecule has 0 aliphatic heterocycles. The number of hydrogen-bond donors (Lipinski definition) is 0. The van der Waals surface area contributed by atoms with E-state index >= 15 is 0 Å². The molecule has 0 spiro atoms. The van der Waals surface area contributed by atoms with Crippen LogP contribution >= 0.6 is 17.0 Å². The first-order valence-electron chi connectivity index (χ1n) is 10.3. The minimum absolute atomic E-state index is 0. The number of rotatable bonds is 3. The van der Waals surface area contributed by atoms with Gasteiger partial charge in [-0.1, -0.05) is 38.5 Å². The van der Waals surface area contributed by atoms with Crippen molar-refractivity contribution in [3.8, 4) is 0 Å². The molecule has 3 heteroatoms. The van der Waals surface area contributed by atoms with E-state index in [1.165, 1.54) is 0 Å². The summed E-state index contributed by atoms with van der Waals surface area (Å²) in [7, 11) is 9.87. The van der Waals surface area contributed by atoms with Crippen LogP contribution in [-0.4, -0.2) is 0 Å². The molecular formula is C22H40Cl2Zr. The molecule has 6 atom stereocenters. The van der Waals surface area contributed by atoms with E-state index < -0.39 is 20.8 Å². The summed E-state index contributed by atoms with van der Waals surface area (Å²) in [6.07, 6.45) is 22.1. The van der Waals surface area contributed by atoms with Crippen LogP contribution in [0.2, 0.25) is 0 Å². The summed E-state index contributed by atoms with van der Waals surface area (Å²) in [5.41, 5.74) is 0. The van der Waals surface area contributed by atoms with Gasteiger partial charge in [-0.15, -0.1) is 0 Å². The van der Waals surface area contributed by atoms with E-state index in [0.29, 0.717) is 0 Å².